The Bertz CT molecular complexity index is 740. The first-order valence-electron chi connectivity index (χ1n) is 8.23. The highest BCUT2D eigenvalue weighted by atomic mass is 32.2. The number of nitrogens with one attached hydrogen (secondary N) is 2. The summed E-state index contributed by atoms with van der Waals surface area (Å²) in [7, 11) is -3.59. The average molecular weight is 370 g/mol. The zero-order valence-corrected chi connectivity index (χ0v) is 15.4. The first-order chi connectivity index (χ1) is 11.5. The van der Waals surface area contributed by atoms with Gasteiger partial charge < -0.3 is 10.6 Å². The number of amides is 1. The molecular formula is C16H23N3O3S2. The Kier molecular flexibility index (Phi) is 5.39. The van der Waals surface area contributed by atoms with E-state index in [0.29, 0.717) is 30.1 Å². The Morgan fingerprint density at radius 1 is 1.46 bits per heavy atom. The number of hydrogen-bond acceptors (Lipinski definition) is 5. The fourth-order valence-electron chi connectivity index (χ4n) is 3.10. The van der Waals surface area contributed by atoms with Gasteiger partial charge in [-0.3, -0.25) is 4.79 Å². The molecule has 1 unspecified atom stereocenters. The fourth-order valence-corrected chi connectivity index (χ4v) is 6.17. The SMILES string of the molecule is Cc1ccc(S(=O)(=O)N2CCCC2C(=O)NCC2=CCNCC2)s1. The van der Waals surface area contributed by atoms with Gasteiger partial charge in [0.25, 0.3) is 10.0 Å². The van der Waals surface area contributed by atoms with Crippen LogP contribution >= 0.6 is 11.3 Å². The largest absolute Gasteiger partial charge is 0.351 e. The van der Waals surface area contributed by atoms with Gasteiger partial charge in [0.2, 0.25) is 5.91 Å². The van der Waals surface area contributed by atoms with Crippen molar-refractivity contribution >= 4 is 27.3 Å². The molecule has 1 saturated heterocycles. The van der Waals surface area contributed by atoms with Gasteiger partial charge in [-0.25, -0.2) is 8.42 Å². The standard InChI is InChI=1S/C16H23N3O3S2/c1-12-4-5-15(23-12)24(21,22)19-10-2-3-14(19)16(20)18-11-13-6-8-17-9-7-13/h4-6,14,17H,2-3,7-11H2,1H3,(H,18,20). The normalized spacial score (nSPS) is 22.4. The maximum Gasteiger partial charge on any atom is 0.253 e. The highest BCUT2D eigenvalue weighted by Gasteiger charge is 2.39. The van der Waals surface area contributed by atoms with Gasteiger partial charge in [-0.05, 0) is 44.9 Å². The molecule has 3 rings (SSSR count). The van der Waals surface area contributed by atoms with E-state index in [9.17, 15) is 13.2 Å². The number of hydrogen-bond donors (Lipinski definition) is 2. The predicted molar refractivity (Wildman–Crippen MR) is 94.5 cm³/mol. The Morgan fingerprint density at radius 3 is 2.96 bits per heavy atom. The number of sulfonamides is 1. The van der Waals surface area contributed by atoms with Gasteiger partial charge in [0.1, 0.15) is 10.3 Å². The van der Waals surface area contributed by atoms with Crippen LogP contribution in [-0.2, 0) is 14.8 Å². The first-order valence-corrected chi connectivity index (χ1v) is 10.5. The summed E-state index contributed by atoms with van der Waals surface area (Å²) in [5.74, 6) is -0.191. The molecule has 1 aromatic rings. The summed E-state index contributed by atoms with van der Waals surface area (Å²) in [5, 5.41) is 6.14. The molecular weight excluding hydrogens is 346 g/mol. The minimum absolute atomic E-state index is 0.191. The highest BCUT2D eigenvalue weighted by molar-refractivity contribution is 7.91. The van der Waals surface area contributed by atoms with Crippen LogP contribution in [0.25, 0.3) is 0 Å². The second-order valence-corrected chi connectivity index (χ2v) is 9.58. The van der Waals surface area contributed by atoms with Crippen LogP contribution in [0.2, 0.25) is 0 Å². The minimum Gasteiger partial charge on any atom is -0.351 e. The van der Waals surface area contributed by atoms with Crippen molar-refractivity contribution in [3.8, 4) is 0 Å². The lowest BCUT2D eigenvalue weighted by Gasteiger charge is -2.23. The molecule has 2 aliphatic heterocycles. The lowest BCUT2D eigenvalue weighted by atomic mass is 10.1. The molecule has 1 atom stereocenters. The van der Waals surface area contributed by atoms with E-state index in [2.05, 4.69) is 16.7 Å². The van der Waals surface area contributed by atoms with Crippen molar-refractivity contribution in [1.82, 2.24) is 14.9 Å². The molecule has 0 radical (unpaired) electrons. The molecule has 3 heterocycles. The lowest BCUT2D eigenvalue weighted by molar-refractivity contribution is -0.124. The molecule has 0 bridgehead atoms. The van der Waals surface area contributed by atoms with Gasteiger partial charge in [0, 0.05) is 24.5 Å². The summed E-state index contributed by atoms with van der Waals surface area (Å²) in [6.45, 7) is 4.54. The number of aryl methyl sites for hydroxylation is 1. The Hall–Kier alpha value is -1.22. The minimum atomic E-state index is -3.59. The van der Waals surface area contributed by atoms with Crippen molar-refractivity contribution in [3.05, 3.63) is 28.7 Å². The quantitative estimate of drug-likeness (QED) is 0.766. The van der Waals surface area contributed by atoms with Gasteiger partial charge in [0.15, 0.2) is 0 Å². The van der Waals surface area contributed by atoms with Crippen LogP contribution in [0.3, 0.4) is 0 Å². The van der Waals surface area contributed by atoms with Crippen LogP contribution in [0.1, 0.15) is 24.1 Å². The van der Waals surface area contributed by atoms with Gasteiger partial charge in [-0.15, -0.1) is 11.3 Å². The van der Waals surface area contributed by atoms with E-state index in [4.69, 9.17) is 0 Å². The molecule has 0 aliphatic carbocycles. The van der Waals surface area contributed by atoms with Crippen LogP contribution < -0.4 is 10.6 Å². The summed E-state index contributed by atoms with van der Waals surface area (Å²) in [5.41, 5.74) is 1.20. The third kappa shape index (κ3) is 3.72. The third-order valence-electron chi connectivity index (χ3n) is 4.43. The maximum absolute atomic E-state index is 12.8. The Morgan fingerprint density at radius 2 is 2.29 bits per heavy atom. The molecule has 0 spiro atoms. The number of carbonyl (C=O) groups excluding carboxylic acids is 1. The monoisotopic (exact) mass is 369 g/mol. The number of rotatable bonds is 5. The van der Waals surface area contributed by atoms with E-state index in [1.54, 1.807) is 12.1 Å². The van der Waals surface area contributed by atoms with Crippen molar-refractivity contribution in [2.45, 2.75) is 36.4 Å². The molecule has 24 heavy (non-hydrogen) atoms. The molecule has 1 aromatic heterocycles. The van der Waals surface area contributed by atoms with Crippen LogP contribution in [0, 0.1) is 6.92 Å². The highest BCUT2D eigenvalue weighted by Crippen LogP contribution is 2.30. The molecule has 2 N–H and O–H groups in total. The zero-order chi connectivity index (χ0) is 17.2. The zero-order valence-electron chi connectivity index (χ0n) is 13.7. The van der Waals surface area contributed by atoms with Crippen LogP contribution in [-0.4, -0.2) is 50.9 Å². The van der Waals surface area contributed by atoms with Crippen molar-refractivity contribution in [2.24, 2.45) is 0 Å². The van der Waals surface area contributed by atoms with Gasteiger partial charge >= 0.3 is 0 Å². The summed E-state index contributed by atoms with van der Waals surface area (Å²) < 4.78 is 27.3. The molecule has 0 aromatic carbocycles. The van der Waals surface area contributed by atoms with E-state index in [0.717, 1.165) is 24.4 Å². The smallest absolute Gasteiger partial charge is 0.253 e. The number of thiophene rings is 1. The number of carbonyl (C=O) groups is 1. The number of nitrogens with zero attached hydrogens (tertiary/aromatic N) is 1. The van der Waals surface area contributed by atoms with Crippen molar-refractivity contribution in [3.63, 3.8) is 0 Å². The summed E-state index contributed by atoms with van der Waals surface area (Å²) in [4.78, 5) is 13.5. The van der Waals surface area contributed by atoms with Crippen LogP contribution in [0.5, 0.6) is 0 Å². The molecule has 132 valence electrons. The van der Waals surface area contributed by atoms with Crippen molar-refractivity contribution in [1.29, 1.82) is 0 Å². The molecule has 2 aliphatic rings. The molecule has 1 fully saturated rings. The topological polar surface area (TPSA) is 78.5 Å². The second-order valence-electron chi connectivity index (χ2n) is 6.17. The van der Waals surface area contributed by atoms with Crippen molar-refractivity contribution in [2.75, 3.05) is 26.2 Å². The molecule has 0 saturated carbocycles. The molecule has 6 nitrogen and oxygen atoms in total. The predicted octanol–water partition coefficient (Wildman–Crippen LogP) is 1.25. The first kappa shape index (κ1) is 17.6. The Balaban J connectivity index is 1.68. The van der Waals surface area contributed by atoms with Gasteiger partial charge in [0.05, 0.1) is 0 Å². The van der Waals surface area contributed by atoms with Crippen LogP contribution in [0.4, 0.5) is 0 Å². The lowest BCUT2D eigenvalue weighted by Crippen LogP contribution is -2.46. The van der Waals surface area contributed by atoms with E-state index in [1.807, 2.05) is 6.92 Å². The molecule has 8 heteroatoms. The third-order valence-corrected chi connectivity index (χ3v) is 7.81. The van der Waals surface area contributed by atoms with Crippen molar-refractivity contribution < 1.29 is 13.2 Å². The van der Waals surface area contributed by atoms with Crippen LogP contribution in [0.15, 0.2) is 28.0 Å². The summed E-state index contributed by atoms with van der Waals surface area (Å²) in [6, 6.07) is 2.83. The Labute approximate surface area is 147 Å². The van der Waals surface area contributed by atoms with E-state index < -0.39 is 16.1 Å². The summed E-state index contributed by atoms with van der Waals surface area (Å²) >= 11 is 1.25. The van der Waals surface area contributed by atoms with E-state index in [1.165, 1.54) is 21.2 Å². The fraction of sp³-hybridized carbons (Fsp3) is 0.562. The van der Waals surface area contributed by atoms with Gasteiger partial charge in [-0.2, -0.15) is 4.31 Å². The van der Waals surface area contributed by atoms with E-state index >= 15 is 0 Å². The average Bonchev–Trinajstić information content (AvgIpc) is 3.23. The van der Waals surface area contributed by atoms with E-state index in [-0.39, 0.29) is 5.91 Å². The van der Waals surface area contributed by atoms with Gasteiger partial charge in [-0.1, -0.05) is 11.6 Å². The second kappa shape index (κ2) is 7.35. The maximum atomic E-state index is 12.8. The molecule has 1 amide bonds. The summed E-state index contributed by atoms with van der Waals surface area (Å²) in [6.07, 6.45) is 4.30.